The van der Waals surface area contributed by atoms with Crippen molar-refractivity contribution < 1.29 is 4.74 Å². The Labute approximate surface area is 205 Å². The molecule has 182 valence electrons. The van der Waals surface area contributed by atoms with Crippen molar-refractivity contribution in [3.05, 3.63) is 46.1 Å². The number of nitrogens with one attached hydrogen (secondary N) is 1. The number of fused-ring (bicyclic) bond motifs is 4. The predicted molar refractivity (Wildman–Crippen MR) is 143 cm³/mol. The van der Waals surface area contributed by atoms with Gasteiger partial charge in [0.15, 0.2) is 5.43 Å². The smallest absolute Gasteiger partial charge is 0.199 e. The maximum Gasteiger partial charge on any atom is 0.199 e. The maximum absolute atomic E-state index is 13.9. The quantitative estimate of drug-likeness (QED) is 0.400. The van der Waals surface area contributed by atoms with Crippen LogP contribution in [0, 0.1) is 11.3 Å². The zero-order valence-corrected chi connectivity index (χ0v) is 21.0. The number of aromatic amines is 1. The molecule has 3 heterocycles. The van der Waals surface area contributed by atoms with Crippen LogP contribution in [0.1, 0.15) is 45.2 Å². The Morgan fingerprint density at radius 1 is 1.11 bits per heavy atom. The van der Waals surface area contributed by atoms with E-state index in [0.29, 0.717) is 22.9 Å². The van der Waals surface area contributed by atoms with Crippen molar-refractivity contribution in [3.63, 3.8) is 0 Å². The molecule has 1 aliphatic rings. The summed E-state index contributed by atoms with van der Waals surface area (Å²) in [5, 5.41) is 11.5. The zero-order valence-electron chi connectivity index (χ0n) is 21.0. The lowest BCUT2D eigenvalue weighted by molar-refractivity contribution is 0.298. The van der Waals surface area contributed by atoms with Crippen molar-refractivity contribution in [3.8, 4) is 11.8 Å². The van der Waals surface area contributed by atoms with Crippen LogP contribution in [0.15, 0.2) is 35.1 Å². The van der Waals surface area contributed by atoms with Gasteiger partial charge in [-0.05, 0) is 51.6 Å². The third kappa shape index (κ3) is 4.02. The first-order valence-electron chi connectivity index (χ1n) is 12.6. The molecule has 4 aromatic rings. The molecular weight excluding hydrogens is 438 g/mol. The van der Waals surface area contributed by atoms with E-state index in [9.17, 15) is 10.1 Å². The van der Waals surface area contributed by atoms with Gasteiger partial charge in [0.1, 0.15) is 11.4 Å². The number of benzene rings is 2. The third-order valence-electron chi connectivity index (χ3n) is 7.07. The highest BCUT2D eigenvalue weighted by molar-refractivity contribution is 6.10. The molecule has 7 heteroatoms. The summed E-state index contributed by atoms with van der Waals surface area (Å²) >= 11 is 0. The second-order valence-corrected chi connectivity index (χ2v) is 9.84. The first-order valence-corrected chi connectivity index (χ1v) is 12.6. The number of pyridine rings is 1. The number of likely N-dealkylation sites (N-methyl/N-ethyl adjacent to an activating group) is 1. The van der Waals surface area contributed by atoms with Crippen molar-refractivity contribution in [2.45, 2.75) is 39.7 Å². The van der Waals surface area contributed by atoms with Crippen molar-refractivity contribution in [1.82, 2.24) is 14.5 Å². The molecule has 35 heavy (non-hydrogen) atoms. The number of hydrogen-bond acceptors (Lipinski definition) is 5. The van der Waals surface area contributed by atoms with Crippen LogP contribution in [0.25, 0.3) is 32.8 Å². The van der Waals surface area contributed by atoms with Gasteiger partial charge in [0.05, 0.1) is 40.2 Å². The highest BCUT2D eigenvalue weighted by Gasteiger charge is 2.23. The minimum Gasteiger partial charge on any atom is -0.491 e. The number of piperazine rings is 1. The molecule has 0 bridgehead atoms. The molecule has 0 atom stereocenters. The van der Waals surface area contributed by atoms with Crippen molar-refractivity contribution in [1.29, 1.82) is 5.26 Å². The number of aromatic nitrogens is 2. The highest BCUT2D eigenvalue weighted by Crippen LogP contribution is 2.37. The standard InChI is InChI=1S/C28H33N5O2/c1-5-6-13-35-25-15-21-23(16-24(25)32-11-9-31(4)10-12-32)33(18(2)3)28-26(27(21)34)20-8-7-19(17-29)14-22(20)30-28/h7-8,14-16,18,30H,5-6,9-13H2,1-4H3. The summed E-state index contributed by atoms with van der Waals surface area (Å²) in [5.41, 5.74) is 4.12. The molecular formula is C28H33N5O2. The zero-order chi connectivity index (χ0) is 24.7. The number of rotatable bonds is 6. The fraction of sp³-hybridized carbons (Fsp3) is 0.429. The molecule has 7 nitrogen and oxygen atoms in total. The van der Waals surface area contributed by atoms with Crippen molar-refractivity contribution >= 4 is 38.5 Å². The van der Waals surface area contributed by atoms with E-state index in [1.54, 1.807) is 6.07 Å². The van der Waals surface area contributed by atoms with Crippen molar-refractivity contribution in [2.24, 2.45) is 0 Å². The molecule has 2 aromatic carbocycles. The summed E-state index contributed by atoms with van der Waals surface area (Å²) < 4.78 is 8.50. The Balaban J connectivity index is 1.81. The monoisotopic (exact) mass is 471 g/mol. The molecule has 0 aliphatic carbocycles. The minimum atomic E-state index is -0.00636. The van der Waals surface area contributed by atoms with Gasteiger partial charge >= 0.3 is 0 Å². The number of H-pyrrole nitrogens is 1. The number of unbranched alkanes of at least 4 members (excludes halogenated alkanes) is 1. The van der Waals surface area contributed by atoms with E-state index in [4.69, 9.17) is 4.74 Å². The summed E-state index contributed by atoms with van der Waals surface area (Å²) in [4.78, 5) is 22.1. The fourth-order valence-electron chi connectivity index (χ4n) is 5.13. The lowest BCUT2D eigenvalue weighted by Crippen LogP contribution is -2.44. The van der Waals surface area contributed by atoms with E-state index >= 15 is 0 Å². The van der Waals surface area contributed by atoms with Gasteiger partial charge in [-0.3, -0.25) is 4.79 Å². The summed E-state index contributed by atoms with van der Waals surface area (Å²) in [5.74, 6) is 0.786. The van der Waals surface area contributed by atoms with Gasteiger partial charge in [0.25, 0.3) is 0 Å². The topological polar surface area (TPSA) is 77.3 Å². The Morgan fingerprint density at radius 2 is 1.89 bits per heavy atom. The summed E-state index contributed by atoms with van der Waals surface area (Å²) in [7, 11) is 2.15. The van der Waals surface area contributed by atoms with E-state index in [1.165, 1.54) is 0 Å². The van der Waals surface area contributed by atoms with Gasteiger partial charge in [-0.2, -0.15) is 5.26 Å². The molecule has 2 aromatic heterocycles. The first-order chi connectivity index (χ1) is 16.9. The lowest BCUT2D eigenvalue weighted by Gasteiger charge is -2.35. The van der Waals surface area contributed by atoms with Crippen LogP contribution in [0.5, 0.6) is 5.75 Å². The largest absolute Gasteiger partial charge is 0.491 e. The number of nitrogens with zero attached hydrogens (tertiary/aromatic N) is 4. The molecule has 0 unspecified atom stereocenters. The van der Waals surface area contributed by atoms with E-state index in [-0.39, 0.29) is 11.5 Å². The second kappa shape index (κ2) is 9.27. The normalized spacial score (nSPS) is 14.9. The number of ether oxygens (including phenoxy) is 1. The molecule has 0 radical (unpaired) electrons. The van der Waals surface area contributed by atoms with Crippen LogP contribution in [0.2, 0.25) is 0 Å². The highest BCUT2D eigenvalue weighted by atomic mass is 16.5. The van der Waals surface area contributed by atoms with Crippen LogP contribution in [-0.4, -0.2) is 54.3 Å². The summed E-state index contributed by atoms with van der Waals surface area (Å²) in [6.45, 7) is 10.9. The number of anilines is 1. The van der Waals surface area contributed by atoms with E-state index in [0.717, 1.165) is 72.5 Å². The van der Waals surface area contributed by atoms with Gasteiger partial charge in [-0.1, -0.05) is 19.4 Å². The molecule has 5 rings (SSSR count). The van der Waals surface area contributed by atoms with Crippen LogP contribution < -0.4 is 15.1 Å². The van der Waals surface area contributed by atoms with E-state index in [2.05, 4.69) is 59.3 Å². The Morgan fingerprint density at radius 3 is 2.57 bits per heavy atom. The Bertz CT molecular complexity index is 1500. The summed E-state index contributed by atoms with van der Waals surface area (Å²) in [6, 6.07) is 11.9. The van der Waals surface area contributed by atoms with Crippen LogP contribution in [-0.2, 0) is 0 Å². The average molecular weight is 472 g/mol. The Hall–Kier alpha value is -3.50. The lowest BCUT2D eigenvalue weighted by atomic mass is 10.1. The molecule has 0 spiro atoms. The minimum absolute atomic E-state index is 0.00636. The van der Waals surface area contributed by atoms with Gasteiger partial charge in [0, 0.05) is 43.1 Å². The second-order valence-electron chi connectivity index (χ2n) is 9.84. The van der Waals surface area contributed by atoms with Gasteiger partial charge < -0.3 is 24.1 Å². The Kier molecular flexibility index (Phi) is 6.16. The molecule has 0 saturated carbocycles. The van der Waals surface area contributed by atoms with Gasteiger partial charge in [-0.25, -0.2) is 0 Å². The SMILES string of the molecule is CCCCOc1cc2c(=O)c3c4ccc(C#N)cc4[nH]c3n(C(C)C)c2cc1N1CCN(C)CC1. The van der Waals surface area contributed by atoms with Crippen LogP contribution in [0.3, 0.4) is 0 Å². The maximum atomic E-state index is 13.9. The van der Waals surface area contributed by atoms with Gasteiger partial charge in [0.2, 0.25) is 0 Å². The number of nitriles is 1. The molecule has 1 fully saturated rings. The predicted octanol–water partition coefficient (Wildman–Crippen LogP) is 5.02. The summed E-state index contributed by atoms with van der Waals surface area (Å²) in [6.07, 6.45) is 2.03. The van der Waals surface area contributed by atoms with E-state index in [1.807, 2.05) is 18.2 Å². The van der Waals surface area contributed by atoms with Crippen LogP contribution >= 0.6 is 0 Å². The molecule has 0 amide bonds. The van der Waals surface area contributed by atoms with Gasteiger partial charge in [-0.15, -0.1) is 0 Å². The fourth-order valence-corrected chi connectivity index (χ4v) is 5.13. The number of hydrogen-bond donors (Lipinski definition) is 1. The molecule has 1 N–H and O–H groups in total. The van der Waals surface area contributed by atoms with Crippen molar-refractivity contribution in [2.75, 3.05) is 44.7 Å². The molecule has 1 aliphatic heterocycles. The van der Waals surface area contributed by atoms with E-state index < -0.39 is 0 Å². The first kappa shape index (κ1) is 23.3. The van der Waals surface area contributed by atoms with Crippen LogP contribution in [0.4, 0.5) is 5.69 Å². The molecule has 1 saturated heterocycles. The average Bonchev–Trinajstić information content (AvgIpc) is 3.23. The third-order valence-corrected chi connectivity index (χ3v) is 7.07.